The zero-order valence-corrected chi connectivity index (χ0v) is 12.1. The van der Waals surface area contributed by atoms with Crippen LogP contribution in [0.1, 0.15) is 37.7 Å². The molecule has 1 aromatic rings. The molecule has 0 saturated heterocycles. The SMILES string of the molecule is CCn1cc(N)cc1C(=O)NCCOCCC(C)C. The van der Waals surface area contributed by atoms with Crippen LogP contribution in [0.25, 0.3) is 0 Å². The standard InChI is InChI=1S/C14H25N3O2/c1-4-17-10-12(15)9-13(17)14(18)16-6-8-19-7-5-11(2)3/h9-11H,4-8,15H2,1-3H3,(H,16,18). The van der Waals surface area contributed by atoms with Gasteiger partial charge >= 0.3 is 0 Å². The Morgan fingerprint density at radius 1 is 1.47 bits per heavy atom. The zero-order chi connectivity index (χ0) is 14.3. The third kappa shape index (κ3) is 5.34. The van der Waals surface area contributed by atoms with Gasteiger partial charge in [-0.1, -0.05) is 13.8 Å². The number of aromatic nitrogens is 1. The number of ether oxygens (including phenoxy) is 1. The molecule has 1 heterocycles. The van der Waals surface area contributed by atoms with Crippen molar-refractivity contribution >= 4 is 11.6 Å². The van der Waals surface area contributed by atoms with E-state index in [1.165, 1.54) is 0 Å². The summed E-state index contributed by atoms with van der Waals surface area (Å²) in [6.45, 7) is 8.83. The summed E-state index contributed by atoms with van der Waals surface area (Å²) in [5.41, 5.74) is 6.90. The van der Waals surface area contributed by atoms with E-state index in [1.54, 1.807) is 12.3 Å². The lowest BCUT2D eigenvalue weighted by Gasteiger charge is -2.09. The Labute approximate surface area is 115 Å². The van der Waals surface area contributed by atoms with Crippen LogP contribution in [-0.4, -0.2) is 30.2 Å². The molecule has 0 radical (unpaired) electrons. The summed E-state index contributed by atoms with van der Waals surface area (Å²) in [6.07, 6.45) is 2.82. The number of carbonyl (C=O) groups is 1. The van der Waals surface area contributed by atoms with Gasteiger partial charge in [0.05, 0.1) is 12.3 Å². The summed E-state index contributed by atoms with van der Waals surface area (Å²) in [5, 5.41) is 2.83. The van der Waals surface area contributed by atoms with Gasteiger partial charge in [0.25, 0.3) is 5.91 Å². The van der Waals surface area contributed by atoms with Crippen LogP contribution in [0.5, 0.6) is 0 Å². The molecule has 1 amide bonds. The van der Waals surface area contributed by atoms with E-state index in [0.717, 1.165) is 19.6 Å². The van der Waals surface area contributed by atoms with Crippen molar-refractivity contribution in [1.82, 2.24) is 9.88 Å². The predicted octanol–water partition coefficient (Wildman–Crippen LogP) is 1.88. The summed E-state index contributed by atoms with van der Waals surface area (Å²) >= 11 is 0. The fraction of sp³-hybridized carbons (Fsp3) is 0.643. The molecule has 0 spiro atoms. The normalized spacial score (nSPS) is 10.9. The highest BCUT2D eigenvalue weighted by Crippen LogP contribution is 2.10. The van der Waals surface area contributed by atoms with Gasteiger partial charge in [-0.2, -0.15) is 0 Å². The second-order valence-electron chi connectivity index (χ2n) is 5.00. The lowest BCUT2D eigenvalue weighted by molar-refractivity contribution is 0.0897. The minimum atomic E-state index is -0.106. The molecule has 5 nitrogen and oxygen atoms in total. The molecule has 108 valence electrons. The third-order valence-corrected chi connectivity index (χ3v) is 2.86. The summed E-state index contributed by atoms with van der Waals surface area (Å²) in [5.74, 6) is 0.538. The van der Waals surface area contributed by atoms with Gasteiger partial charge in [-0.25, -0.2) is 0 Å². The minimum absolute atomic E-state index is 0.106. The average molecular weight is 267 g/mol. The Hall–Kier alpha value is -1.49. The van der Waals surface area contributed by atoms with Crippen molar-refractivity contribution in [1.29, 1.82) is 0 Å². The highest BCUT2D eigenvalue weighted by Gasteiger charge is 2.11. The number of hydrogen-bond acceptors (Lipinski definition) is 3. The maximum atomic E-state index is 11.9. The Bertz CT molecular complexity index is 399. The average Bonchev–Trinajstić information content (AvgIpc) is 2.74. The number of nitrogens with one attached hydrogen (secondary N) is 1. The van der Waals surface area contributed by atoms with Gasteiger partial charge in [0.1, 0.15) is 5.69 Å². The molecular formula is C14H25N3O2. The van der Waals surface area contributed by atoms with Gasteiger partial charge in [-0.15, -0.1) is 0 Å². The number of aryl methyl sites for hydroxylation is 1. The van der Waals surface area contributed by atoms with Gasteiger partial charge in [-0.3, -0.25) is 4.79 Å². The summed E-state index contributed by atoms with van der Waals surface area (Å²) in [7, 11) is 0. The molecule has 1 aromatic heterocycles. The molecule has 1 rings (SSSR count). The number of rotatable bonds is 8. The Morgan fingerprint density at radius 2 is 2.21 bits per heavy atom. The maximum Gasteiger partial charge on any atom is 0.268 e. The van der Waals surface area contributed by atoms with Crippen LogP contribution in [0.3, 0.4) is 0 Å². The monoisotopic (exact) mass is 267 g/mol. The van der Waals surface area contributed by atoms with E-state index in [9.17, 15) is 4.79 Å². The van der Waals surface area contributed by atoms with Crippen LogP contribution >= 0.6 is 0 Å². The fourth-order valence-corrected chi connectivity index (χ4v) is 1.73. The quantitative estimate of drug-likeness (QED) is 0.707. The largest absolute Gasteiger partial charge is 0.397 e. The van der Waals surface area contributed by atoms with Crippen molar-refractivity contribution in [3.63, 3.8) is 0 Å². The molecule has 0 aliphatic heterocycles. The smallest absolute Gasteiger partial charge is 0.268 e. The first-order valence-electron chi connectivity index (χ1n) is 6.86. The zero-order valence-electron chi connectivity index (χ0n) is 12.1. The molecule has 0 aliphatic carbocycles. The highest BCUT2D eigenvalue weighted by atomic mass is 16.5. The van der Waals surface area contributed by atoms with Crippen LogP contribution in [0.15, 0.2) is 12.3 Å². The molecule has 0 bridgehead atoms. The van der Waals surface area contributed by atoms with Crippen molar-refractivity contribution in [3.8, 4) is 0 Å². The van der Waals surface area contributed by atoms with E-state index < -0.39 is 0 Å². The van der Waals surface area contributed by atoms with Gasteiger partial charge in [0.15, 0.2) is 0 Å². The Morgan fingerprint density at radius 3 is 2.84 bits per heavy atom. The lowest BCUT2D eigenvalue weighted by Crippen LogP contribution is -2.29. The highest BCUT2D eigenvalue weighted by molar-refractivity contribution is 5.93. The molecule has 0 saturated carbocycles. The Kier molecular flexibility index (Phi) is 6.42. The van der Waals surface area contributed by atoms with Crippen LogP contribution in [-0.2, 0) is 11.3 Å². The van der Waals surface area contributed by atoms with E-state index in [0.29, 0.717) is 30.5 Å². The number of carbonyl (C=O) groups excluding carboxylic acids is 1. The number of nitrogens with two attached hydrogens (primary N) is 1. The predicted molar refractivity (Wildman–Crippen MR) is 77.1 cm³/mol. The molecule has 3 N–H and O–H groups in total. The van der Waals surface area contributed by atoms with E-state index in [2.05, 4.69) is 19.2 Å². The van der Waals surface area contributed by atoms with Crippen molar-refractivity contribution in [3.05, 3.63) is 18.0 Å². The molecular weight excluding hydrogens is 242 g/mol. The van der Waals surface area contributed by atoms with Crippen LogP contribution in [0, 0.1) is 5.92 Å². The first-order valence-corrected chi connectivity index (χ1v) is 6.86. The number of anilines is 1. The number of nitrogen functional groups attached to an aromatic ring is 1. The van der Waals surface area contributed by atoms with Crippen molar-refractivity contribution < 1.29 is 9.53 Å². The lowest BCUT2D eigenvalue weighted by atomic mass is 10.1. The van der Waals surface area contributed by atoms with Crippen LogP contribution in [0.2, 0.25) is 0 Å². The van der Waals surface area contributed by atoms with E-state index in [1.807, 2.05) is 11.5 Å². The van der Waals surface area contributed by atoms with Gasteiger partial charge in [-0.05, 0) is 25.3 Å². The molecule has 0 unspecified atom stereocenters. The number of hydrogen-bond donors (Lipinski definition) is 2. The van der Waals surface area contributed by atoms with Gasteiger partial charge < -0.3 is 20.4 Å². The minimum Gasteiger partial charge on any atom is -0.397 e. The van der Waals surface area contributed by atoms with Gasteiger partial charge in [0, 0.05) is 25.9 Å². The number of nitrogens with zero attached hydrogens (tertiary/aromatic N) is 1. The van der Waals surface area contributed by atoms with E-state index in [4.69, 9.17) is 10.5 Å². The third-order valence-electron chi connectivity index (χ3n) is 2.86. The van der Waals surface area contributed by atoms with E-state index in [-0.39, 0.29) is 5.91 Å². The molecule has 0 atom stereocenters. The maximum absolute atomic E-state index is 11.9. The molecule has 0 aliphatic rings. The summed E-state index contributed by atoms with van der Waals surface area (Å²) in [6, 6.07) is 1.69. The molecule has 0 fully saturated rings. The topological polar surface area (TPSA) is 69.3 Å². The molecule has 0 aromatic carbocycles. The second kappa shape index (κ2) is 7.84. The van der Waals surface area contributed by atoms with Gasteiger partial charge in [0.2, 0.25) is 0 Å². The van der Waals surface area contributed by atoms with Crippen LogP contribution < -0.4 is 11.1 Å². The van der Waals surface area contributed by atoms with E-state index >= 15 is 0 Å². The van der Waals surface area contributed by atoms with Crippen LogP contribution in [0.4, 0.5) is 5.69 Å². The molecule has 19 heavy (non-hydrogen) atoms. The molecule has 5 heteroatoms. The van der Waals surface area contributed by atoms with Crippen molar-refractivity contribution in [2.24, 2.45) is 5.92 Å². The second-order valence-corrected chi connectivity index (χ2v) is 5.00. The van der Waals surface area contributed by atoms with Crippen molar-refractivity contribution in [2.45, 2.75) is 33.7 Å². The van der Waals surface area contributed by atoms with Crippen molar-refractivity contribution in [2.75, 3.05) is 25.5 Å². The fourth-order valence-electron chi connectivity index (χ4n) is 1.73. The summed E-state index contributed by atoms with van der Waals surface area (Å²) in [4.78, 5) is 11.9. The Balaban J connectivity index is 2.27. The first-order chi connectivity index (χ1) is 9.04. The first kappa shape index (κ1) is 15.6. The summed E-state index contributed by atoms with van der Waals surface area (Å²) < 4.78 is 7.28. The number of amides is 1.